The van der Waals surface area contributed by atoms with Gasteiger partial charge in [-0.25, -0.2) is 9.37 Å². The molecule has 0 aliphatic heterocycles. The summed E-state index contributed by atoms with van der Waals surface area (Å²) in [6, 6.07) is 14.2. The Hall–Kier alpha value is -2.93. The number of H-pyrrole nitrogens is 1. The lowest BCUT2D eigenvalue weighted by molar-refractivity contribution is 0.625. The van der Waals surface area contributed by atoms with E-state index in [9.17, 15) is 9.65 Å². The van der Waals surface area contributed by atoms with Crippen molar-refractivity contribution in [3.05, 3.63) is 65.2 Å². The Bertz CT molecular complexity index is 884. The van der Waals surface area contributed by atoms with E-state index in [2.05, 4.69) is 16.0 Å². The number of nitrogens with one attached hydrogen (secondary N) is 1. The van der Waals surface area contributed by atoms with Crippen molar-refractivity contribution in [3.63, 3.8) is 0 Å². The second-order valence-electron chi connectivity index (χ2n) is 4.80. The van der Waals surface area contributed by atoms with Crippen molar-refractivity contribution >= 4 is 22.7 Å². The average molecular weight is 277 g/mol. The van der Waals surface area contributed by atoms with Gasteiger partial charge in [-0.1, -0.05) is 24.3 Å². The lowest BCUT2D eigenvalue weighted by Crippen LogP contribution is -1.87. The first-order valence-corrected chi connectivity index (χ1v) is 6.50. The highest BCUT2D eigenvalue weighted by Gasteiger charge is 2.09. The summed E-state index contributed by atoms with van der Waals surface area (Å²) in [6.07, 6.45) is 1.50. The highest BCUT2D eigenvalue weighted by atomic mass is 19.1. The van der Waals surface area contributed by atoms with E-state index in [0.717, 1.165) is 16.6 Å². The third-order valence-electron chi connectivity index (χ3n) is 3.22. The SMILES string of the molecule is Cc1ccc2nc(C(C#N)=Cc3ccccc3F)[nH]c2c1. The quantitative estimate of drug-likeness (QED) is 0.718. The Labute approximate surface area is 121 Å². The van der Waals surface area contributed by atoms with Crippen LogP contribution in [0.1, 0.15) is 17.0 Å². The van der Waals surface area contributed by atoms with Gasteiger partial charge in [0.1, 0.15) is 17.7 Å². The second kappa shape index (κ2) is 5.22. The van der Waals surface area contributed by atoms with Gasteiger partial charge in [0.05, 0.1) is 16.6 Å². The molecule has 0 saturated heterocycles. The fourth-order valence-corrected chi connectivity index (χ4v) is 2.15. The van der Waals surface area contributed by atoms with Crippen LogP contribution in [0.3, 0.4) is 0 Å². The fraction of sp³-hybridized carbons (Fsp3) is 0.0588. The van der Waals surface area contributed by atoms with Crippen LogP contribution in [0.15, 0.2) is 42.5 Å². The summed E-state index contributed by atoms with van der Waals surface area (Å²) in [7, 11) is 0. The van der Waals surface area contributed by atoms with E-state index in [1.54, 1.807) is 18.2 Å². The van der Waals surface area contributed by atoms with Crippen molar-refractivity contribution in [2.75, 3.05) is 0 Å². The summed E-state index contributed by atoms with van der Waals surface area (Å²) in [5.74, 6) is 0.0820. The third kappa shape index (κ3) is 2.54. The largest absolute Gasteiger partial charge is 0.337 e. The van der Waals surface area contributed by atoms with Crippen LogP contribution in [-0.2, 0) is 0 Å². The van der Waals surface area contributed by atoms with Gasteiger partial charge >= 0.3 is 0 Å². The van der Waals surface area contributed by atoms with Gasteiger partial charge in [0, 0.05) is 5.56 Å². The van der Waals surface area contributed by atoms with Gasteiger partial charge < -0.3 is 4.98 Å². The zero-order valence-corrected chi connectivity index (χ0v) is 11.4. The first-order chi connectivity index (χ1) is 10.2. The smallest absolute Gasteiger partial charge is 0.149 e. The molecule has 1 aromatic heterocycles. The number of fused-ring (bicyclic) bond motifs is 1. The van der Waals surface area contributed by atoms with Crippen LogP contribution in [0.25, 0.3) is 22.7 Å². The number of benzene rings is 2. The molecule has 0 unspecified atom stereocenters. The number of imidazole rings is 1. The van der Waals surface area contributed by atoms with E-state index in [0.29, 0.717) is 17.0 Å². The van der Waals surface area contributed by atoms with E-state index in [1.807, 2.05) is 25.1 Å². The van der Waals surface area contributed by atoms with Gasteiger partial charge in [0.15, 0.2) is 0 Å². The van der Waals surface area contributed by atoms with Crippen LogP contribution >= 0.6 is 0 Å². The van der Waals surface area contributed by atoms with Gasteiger partial charge in [0.2, 0.25) is 0 Å². The van der Waals surface area contributed by atoms with Crippen molar-refractivity contribution in [2.24, 2.45) is 0 Å². The van der Waals surface area contributed by atoms with Crippen molar-refractivity contribution in [3.8, 4) is 6.07 Å². The zero-order valence-electron chi connectivity index (χ0n) is 11.4. The number of aryl methyl sites for hydroxylation is 1. The van der Waals surface area contributed by atoms with Crippen molar-refractivity contribution < 1.29 is 4.39 Å². The molecule has 0 aliphatic rings. The molecule has 0 saturated carbocycles. The summed E-state index contributed by atoms with van der Waals surface area (Å²) >= 11 is 0. The minimum absolute atomic E-state index is 0.300. The van der Waals surface area contributed by atoms with Crippen molar-refractivity contribution in [2.45, 2.75) is 6.92 Å². The number of allylic oxidation sites excluding steroid dienone is 1. The van der Waals surface area contributed by atoms with Gasteiger partial charge in [-0.05, 0) is 36.8 Å². The number of nitrogens with zero attached hydrogens (tertiary/aromatic N) is 2. The molecule has 3 aromatic rings. The molecular formula is C17H12FN3. The maximum absolute atomic E-state index is 13.7. The minimum atomic E-state index is -0.364. The Morgan fingerprint density at radius 3 is 2.86 bits per heavy atom. The first kappa shape index (κ1) is 13.1. The Kier molecular flexibility index (Phi) is 3.25. The average Bonchev–Trinajstić information content (AvgIpc) is 2.89. The predicted octanol–water partition coefficient (Wildman–Crippen LogP) is 4.07. The van der Waals surface area contributed by atoms with Gasteiger partial charge in [0.25, 0.3) is 0 Å². The number of rotatable bonds is 2. The molecule has 1 heterocycles. The lowest BCUT2D eigenvalue weighted by Gasteiger charge is -1.97. The fourth-order valence-electron chi connectivity index (χ4n) is 2.15. The molecule has 0 fully saturated rings. The summed E-state index contributed by atoms with van der Waals surface area (Å²) in [5, 5.41) is 9.31. The van der Waals surface area contributed by atoms with Gasteiger partial charge in [-0.2, -0.15) is 5.26 Å². The summed E-state index contributed by atoms with van der Waals surface area (Å²) in [5.41, 5.74) is 3.42. The van der Waals surface area contributed by atoms with Crippen molar-refractivity contribution in [1.29, 1.82) is 5.26 Å². The zero-order chi connectivity index (χ0) is 14.8. The molecule has 3 rings (SSSR count). The molecule has 0 atom stereocenters. The second-order valence-corrected chi connectivity index (χ2v) is 4.80. The summed E-state index contributed by atoms with van der Waals surface area (Å²) < 4.78 is 13.7. The molecule has 0 radical (unpaired) electrons. The van der Waals surface area contributed by atoms with Crippen LogP contribution in [-0.4, -0.2) is 9.97 Å². The monoisotopic (exact) mass is 277 g/mol. The first-order valence-electron chi connectivity index (χ1n) is 6.50. The number of hydrogen-bond acceptors (Lipinski definition) is 2. The Balaban J connectivity index is 2.10. The molecule has 0 amide bonds. The molecule has 102 valence electrons. The Morgan fingerprint density at radius 1 is 1.29 bits per heavy atom. The number of halogens is 1. The molecular weight excluding hydrogens is 265 g/mol. The van der Waals surface area contributed by atoms with E-state index < -0.39 is 0 Å². The standard InChI is InChI=1S/C17H12FN3/c1-11-6-7-15-16(8-11)21-17(20-15)13(10-19)9-12-4-2-3-5-14(12)18/h2-9H,1H3,(H,20,21). The van der Waals surface area contributed by atoms with Gasteiger partial charge in [-0.15, -0.1) is 0 Å². The number of aromatic nitrogens is 2. The van der Waals surface area contributed by atoms with E-state index in [-0.39, 0.29) is 5.82 Å². The number of nitriles is 1. The summed E-state index contributed by atoms with van der Waals surface area (Å²) in [4.78, 5) is 7.48. The predicted molar refractivity (Wildman–Crippen MR) is 80.7 cm³/mol. The van der Waals surface area contributed by atoms with Gasteiger partial charge in [-0.3, -0.25) is 0 Å². The molecule has 0 aliphatic carbocycles. The number of hydrogen-bond donors (Lipinski definition) is 1. The third-order valence-corrected chi connectivity index (χ3v) is 3.22. The van der Waals surface area contributed by atoms with Crippen molar-refractivity contribution in [1.82, 2.24) is 9.97 Å². The molecule has 4 heteroatoms. The van der Waals surface area contributed by atoms with Crippen LogP contribution in [0, 0.1) is 24.1 Å². The van der Waals surface area contributed by atoms with Crippen LogP contribution in [0.5, 0.6) is 0 Å². The molecule has 3 nitrogen and oxygen atoms in total. The molecule has 2 aromatic carbocycles. The topological polar surface area (TPSA) is 52.5 Å². The molecule has 0 spiro atoms. The number of aromatic amines is 1. The van der Waals surface area contributed by atoms with E-state index in [1.165, 1.54) is 12.1 Å². The van der Waals surface area contributed by atoms with E-state index >= 15 is 0 Å². The summed E-state index contributed by atoms with van der Waals surface area (Å²) in [6.45, 7) is 1.99. The minimum Gasteiger partial charge on any atom is -0.337 e. The van der Waals surface area contributed by atoms with E-state index in [4.69, 9.17) is 0 Å². The molecule has 1 N–H and O–H groups in total. The lowest BCUT2D eigenvalue weighted by atomic mass is 10.1. The Morgan fingerprint density at radius 2 is 2.10 bits per heavy atom. The molecule has 21 heavy (non-hydrogen) atoms. The normalized spacial score (nSPS) is 11.6. The van der Waals surface area contributed by atoms with Crippen LogP contribution in [0.2, 0.25) is 0 Å². The maximum Gasteiger partial charge on any atom is 0.149 e. The van der Waals surface area contributed by atoms with Crippen LogP contribution < -0.4 is 0 Å². The molecule has 0 bridgehead atoms. The highest BCUT2D eigenvalue weighted by molar-refractivity contribution is 5.90. The maximum atomic E-state index is 13.7. The highest BCUT2D eigenvalue weighted by Crippen LogP contribution is 2.21. The van der Waals surface area contributed by atoms with Crippen LogP contribution in [0.4, 0.5) is 4.39 Å².